The van der Waals surface area contributed by atoms with Crippen molar-refractivity contribution >= 4 is 34.6 Å². The van der Waals surface area contributed by atoms with Gasteiger partial charge in [-0.05, 0) is 52.7 Å². The zero-order chi connectivity index (χ0) is 25.3. The van der Waals surface area contributed by atoms with Gasteiger partial charge in [-0.15, -0.1) is 0 Å². The third kappa shape index (κ3) is 5.79. The maximum Gasteiger partial charge on any atom is 0.344 e. The van der Waals surface area contributed by atoms with Crippen LogP contribution in [0.15, 0.2) is 90.0 Å². The number of carbonyl (C=O) groups excluding carboxylic acids is 2. The molecule has 4 aromatic rings. The van der Waals surface area contributed by atoms with Gasteiger partial charge in [-0.3, -0.25) is 4.79 Å². The van der Waals surface area contributed by atoms with Crippen molar-refractivity contribution in [2.24, 2.45) is 5.10 Å². The number of amides is 1. The molecule has 0 radical (unpaired) electrons. The van der Waals surface area contributed by atoms with Crippen LogP contribution in [0.3, 0.4) is 0 Å². The van der Waals surface area contributed by atoms with Crippen molar-refractivity contribution in [1.82, 2.24) is 5.43 Å². The van der Waals surface area contributed by atoms with Crippen molar-refractivity contribution in [2.75, 3.05) is 26.1 Å². The Bertz CT molecular complexity index is 1410. The minimum absolute atomic E-state index is 0.0179. The van der Waals surface area contributed by atoms with Gasteiger partial charge in [0.25, 0.3) is 5.91 Å². The zero-order valence-corrected chi connectivity index (χ0v) is 19.9. The van der Waals surface area contributed by atoms with E-state index in [0.717, 1.165) is 10.8 Å². The largest absolute Gasteiger partial charge is 0.495 e. The van der Waals surface area contributed by atoms with Gasteiger partial charge in [-0.2, -0.15) is 5.10 Å². The Labute approximate surface area is 208 Å². The van der Waals surface area contributed by atoms with Crippen LogP contribution in [-0.4, -0.2) is 38.9 Å². The molecule has 0 fully saturated rings. The van der Waals surface area contributed by atoms with Crippen LogP contribution in [0.5, 0.6) is 17.2 Å². The number of anilines is 1. The number of carbonyl (C=O) groups is 2. The lowest BCUT2D eigenvalue weighted by atomic mass is 10.0. The van der Waals surface area contributed by atoms with Crippen molar-refractivity contribution in [1.29, 1.82) is 0 Å². The van der Waals surface area contributed by atoms with Crippen LogP contribution in [0.2, 0.25) is 0 Å². The maximum atomic E-state index is 12.9. The molecular weight excluding hydrogens is 458 g/mol. The smallest absolute Gasteiger partial charge is 0.344 e. The monoisotopic (exact) mass is 483 g/mol. The summed E-state index contributed by atoms with van der Waals surface area (Å²) < 4.78 is 16.3. The fourth-order valence-electron chi connectivity index (χ4n) is 3.59. The first-order valence-electron chi connectivity index (χ1n) is 11.2. The summed E-state index contributed by atoms with van der Waals surface area (Å²) in [5.74, 6) is 0.461. The van der Waals surface area contributed by atoms with Gasteiger partial charge < -0.3 is 19.5 Å². The van der Waals surface area contributed by atoms with Crippen LogP contribution in [0, 0.1) is 0 Å². The Hall–Kier alpha value is -4.85. The van der Waals surface area contributed by atoms with E-state index in [1.807, 2.05) is 54.6 Å². The van der Waals surface area contributed by atoms with Gasteiger partial charge in [0.2, 0.25) is 0 Å². The summed E-state index contributed by atoms with van der Waals surface area (Å²) >= 11 is 0. The van der Waals surface area contributed by atoms with Crippen LogP contribution in [0.1, 0.15) is 15.9 Å². The first-order valence-corrected chi connectivity index (χ1v) is 11.2. The molecule has 0 spiro atoms. The molecule has 0 saturated carbocycles. The molecule has 4 aromatic carbocycles. The summed E-state index contributed by atoms with van der Waals surface area (Å²) in [4.78, 5) is 25.0. The van der Waals surface area contributed by atoms with E-state index in [2.05, 4.69) is 15.8 Å². The van der Waals surface area contributed by atoms with Crippen LogP contribution >= 0.6 is 0 Å². The number of hydrogen-bond donors (Lipinski definition) is 2. The zero-order valence-electron chi connectivity index (χ0n) is 19.9. The van der Waals surface area contributed by atoms with Gasteiger partial charge in [-0.25, -0.2) is 10.2 Å². The number of nitrogens with one attached hydrogen (secondary N) is 2. The molecule has 36 heavy (non-hydrogen) atoms. The Morgan fingerprint density at radius 1 is 0.833 bits per heavy atom. The second kappa shape index (κ2) is 11.5. The van der Waals surface area contributed by atoms with Crippen LogP contribution in [0.4, 0.5) is 5.69 Å². The molecule has 8 heteroatoms. The van der Waals surface area contributed by atoms with E-state index < -0.39 is 5.97 Å². The summed E-state index contributed by atoms with van der Waals surface area (Å²) in [6.45, 7) is 0.0179. The molecule has 0 aromatic heterocycles. The fourth-order valence-corrected chi connectivity index (χ4v) is 3.59. The maximum absolute atomic E-state index is 12.9. The standard InChI is InChI=1S/C28H25N3O5/c1-34-24-13-6-5-12-23(24)29-18-27(32)31-30-17-19-14-15-25(26(16-19)35-2)36-28(33)22-11-7-9-20-8-3-4-10-21(20)22/h3-17,29H,18H2,1-2H3,(H,31,32)/b30-17+. The second-order valence-electron chi connectivity index (χ2n) is 7.67. The third-order valence-electron chi connectivity index (χ3n) is 5.35. The molecule has 0 aliphatic carbocycles. The van der Waals surface area contributed by atoms with E-state index in [9.17, 15) is 9.59 Å². The molecule has 0 atom stereocenters. The van der Waals surface area contributed by atoms with Crippen molar-refractivity contribution in [3.05, 3.63) is 96.1 Å². The number of nitrogens with zero attached hydrogens (tertiary/aromatic N) is 1. The highest BCUT2D eigenvalue weighted by Gasteiger charge is 2.15. The van der Waals surface area contributed by atoms with Crippen LogP contribution < -0.4 is 25.0 Å². The average Bonchev–Trinajstić information content (AvgIpc) is 2.92. The molecule has 2 N–H and O–H groups in total. The number of ether oxygens (including phenoxy) is 3. The third-order valence-corrected chi connectivity index (χ3v) is 5.35. The van der Waals surface area contributed by atoms with Gasteiger partial charge in [-0.1, -0.05) is 48.5 Å². The van der Waals surface area contributed by atoms with Crippen LogP contribution in [-0.2, 0) is 4.79 Å². The van der Waals surface area contributed by atoms with Gasteiger partial charge >= 0.3 is 5.97 Å². The lowest BCUT2D eigenvalue weighted by molar-refractivity contribution is -0.119. The Balaban J connectivity index is 1.38. The number of benzene rings is 4. The number of hydrogen-bond acceptors (Lipinski definition) is 7. The molecule has 8 nitrogen and oxygen atoms in total. The number of esters is 1. The second-order valence-corrected chi connectivity index (χ2v) is 7.67. The molecule has 0 aliphatic heterocycles. The van der Waals surface area contributed by atoms with E-state index in [-0.39, 0.29) is 18.2 Å². The summed E-state index contributed by atoms with van der Waals surface area (Å²) in [5.41, 5.74) is 4.28. The quantitative estimate of drug-likeness (QED) is 0.156. The summed E-state index contributed by atoms with van der Waals surface area (Å²) in [6, 6.07) is 25.4. The highest BCUT2D eigenvalue weighted by atomic mass is 16.6. The predicted octanol–water partition coefficient (Wildman–Crippen LogP) is 4.64. The Morgan fingerprint density at radius 2 is 1.58 bits per heavy atom. The van der Waals surface area contributed by atoms with Crippen LogP contribution in [0.25, 0.3) is 10.8 Å². The van der Waals surface area contributed by atoms with Crippen molar-refractivity contribution in [3.63, 3.8) is 0 Å². The summed E-state index contributed by atoms with van der Waals surface area (Å²) in [6.07, 6.45) is 1.47. The minimum Gasteiger partial charge on any atom is -0.495 e. The molecular formula is C28H25N3O5. The average molecular weight is 484 g/mol. The van der Waals surface area contributed by atoms with Gasteiger partial charge in [0.05, 0.1) is 38.2 Å². The lowest BCUT2D eigenvalue weighted by Crippen LogP contribution is -2.26. The minimum atomic E-state index is -0.485. The first kappa shape index (κ1) is 24.3. The number of hydrazone groups is 1. The van der Waals surface area contributed by atoms with E-state index in [0.29, 0.717) is 28.3 Å². The van der Waals surface area contributed by atoms with E-state index in [4.69, 9.17) is 14.2 Å². The first-order chi connectivity index (χ1) is 17.6. The molecule has 0 bridgehead atoms. The van der Waals surface area contributed by atoms with Crippen molar-refractivity contribution in [2.45, 2.75) is 0 Å². The molecule has 0 unspecified atom stereocenters. The summed E-state index contributed by atoms with van der Waals surface area (Å²) in [5, 5.41) is 8.75. The molecule has 0 saturated heterocycles. The molecule has 182 valence electrons. The number of rotatable bonds is 9. The molecule has 0 aliphatic rings. The van der Waals surface area contributed by atoms with Gasteiger partial charge in [0, 0.05) is 0 Å². The topological polar surface area (TPSA) is 98.3 Å². The van der Waals surface area contributed by atoms with Gasteiger partial charge in [0.15, 0.2) is 11.5 Å². The number of fused-ring (bicyclic) bond motifs is 1. The molecule has 1 amide bonds. The van der Waals surface area contributed by atoms with Crippen molar-refractivity contribution < 1.29 is 23.8 Å². The normalized spacial score (nSPS) is 10.7. The van der Waals surface area contributed by atoms with E-state index in [1.54, 1.807) is 37.4 Å². The molecule has 0 heterocycles. The summed E-state index contributed by atoms with van der Waals surface area (Å²) in [7, 11) is 3.05. The van der Waals surface area contributed by atoms with E-state index >= 15 is 0 Å². The molecule has 4 rings (SSSR count). The fraction of sp³-hybridized carbons (Fsp3) is 0.107. The van der Waals surface area contributed by atoms with Gasteiger partial charge in [0.1, 0.15) is 5.75 Å². The highest BCUT2D eigenvalue weighted by molar-refractivity contribution is 6.05. The number of para-hydroxylation sites is 2. The Kier molecular flexibility index (Phi) is 7.77. The van der Waals surface area contributed by atoms with Crippen molar-refractivity contribution in [3.8, 4) is 17.2 Å². The SMILES string of the molecule is COc1ccccc1NCC(=O)N/N=C/c1ccc(OC(=O)c2cccc3ccccc23)c(OC)c1. The van der Waals surface area contributed by atoms with E-state index in [1.165, 1.54) is 13.3 Å². The lowest BCUT2D eigenvalue weighted by Gasteiger charge is -2.11. The Morgan fingerprint density at radius 3 is 2.42 bits per heavy atom. The number of methoxy groups -OCH3 is 2. The predicted molar refractivity (Wildman–Crippen MR) is 139 cm³/mol. The highest BCUT2D eigenvalue weighted by Crippen LogP contribution is 2.29.